The molecule has 0 aromatic heterocycles. The number of nitrogens with zero attached hydrogens (tertiary/aromatic N) is 1. The molecule has 3 nitrogen and oxygen atoms in total. The van der Waals surface area contributed by atoms with Gasteiger partial charge in [-0.25, -0.2) is 8.78 Å². The Morgan fingerprint density at radius 1 is 1.40 bits per heavy atom. The number of carbonyl (C=O) groups excluding carboxylic acids is 1. The van der Waals surface area contributed by atoms with Crippen molar-refractivity contribution in [1.29, 1.82) is 0 Å². The summed E-state index contributed by atoms with van der Waals surface area (Å²) >= 11 is 0. The maximum atomic E-state index is 12.3. The molecule has 1 aliphatic rings. The SMILES string of the molecule is O=C(CCN1CC1)OCC(F)(F)C(F)F. The first kappa shape index (κ1) is 12.2. The van der Waals surface area contributed by atoms with Crippen LogP contribution in [0.5, 0.6) is 0 Å². The third kappa shape index (κ3) is 4.46. The third-order valence-corrected chi connectivity index (χ3v) is 1.92. The molecule has 0 unspecified atom stereocenters. The maximum absolute atomic E-state index is 12.3. The fraction of sp³-hybridized carbons (Fsp3) is 0.875. The second-order valence-corrected chi connectivity index (χ2v) is 3.31. The molecule has 0 aliphatic carbocycles. The van der Waals surface area contributed by atoms with Gasteiger partial charge in [0.15, 0.2) is 6.61 Å². The van der Waals surface area contributed by atoms with Gasteiger partial charge in [0.2, 0.25) is 0 Å². The zero-order chi connectivity index (χ0) is 11.5. The van der Waals surface area contributed by atoms with Crippen molar-refractivity contribution in [1.82, 2.24) is 4.90 Å². The summed E-state index contributed by atoms with van der Waals surface area (Å²) in [6.45, 7) is 0.629. The average Bonchev–Trinajstić information content (AvgIpc) is 2.94. The van der Waals surface area contributed by atoms with Crippen molar-refractivity contribution in [3.63, 3.8) is 0 Å². The van der Waals surface area contributed by atoms with Gasteiger partial charge in [0.1, 0.15) is 0 Å². The fourth-order valence-electron chi connectivity index (χ4n) is 0.856. The van der Waals surface area contributed by atoms with Crippen LogP contribution in [-0.4, -0.2) is 49.5 Å². The van der Waals surface area contributed by atoms with Gasteiger partial charge in [-0.1, -0.05) is 0 Å². The Kier molecular flexibility index (Phi) is 3.90. The minimum atomic E-state index is -4.25. The van der Waals surface area contributed by atoms with Crippen LogP contribution in [0.25, 0.3) is 0 Å². The summed E-state index contributed by atoms with van der Waals surface area (Å²) in [5, 5.41) is 0. The highest BCUT2D eigenvalue weighted by molar-refractivity contribution is 5.69. The van der Waals surface area contributed by atoms with E-state index in [1.165, 1.54) is 0 Å². The van der Waals surface area contributed by atoms with Crippen LogP contribution in [0, 0.1) is 0 Å². The van der Waals surface area contributed by atoms with Crippen LogP contribution < -0.4 is 0 Å². The smallest absolute Gasteiger partial charge is 0.340 e. The second kappa shape index (κ2) is 4.78. The minimum absolute atomic E-state index is 0.0423. The number of halogens is 4. The summed E-state index contributed by atoms with van der Waals surface area (Å²) in [5.74, 6) is -5.13. The zero-order valence-electron chi connectivity index (χ0n) is 7.89. The summed E-state index contributed by atoms with van der Waals surface area (Å²) in [7, 11) is 0. The van der Waals surface area contributed by atoms with E-state index < -0.39 is 24.9 Å². The molecule has 0 aromatic carbocycles. The molecule has 7 heteroatoms. The molecule has 0 atom stereocenters. The Hall–Kier alpha value is -0.850. The van der Waals surface area contributed by atoms with Gasteiger partial charge >= 0.3 is 18.3 Å². The predicted octanol–water partition coefficient (Wildman–Crippen LogP) is 1.14. The van der Waals surface area contributed by atoms with Crippen LogP contribution in [0.2, 0.25) is 0 Å². The van der Waals surface area contributed by atoms with Crippen LogP contribution in [0.4, 0.5) is 17.6 Å². The number of rotatable bonds is 6. The van der Waals surface area contributed by atoms with Crippen molar-refractivity contribution >= 4 is 5.97 Å². The normalized spacial score (nSPS) is 16.9. The van der Waals surface area contributed by atoms with Crippen LogP contribution in [-0.2, 0) is 9.53 Å². The van der Waals surface area contributed by atoms with Crippen LogP contribution in [0.15, 0.2) is 0 Å². The third-order valence-electron chi connectivity index (χ3n) is 1.92. The average molecular weight is 229 g/mol. The molecule has 1 rings (SSSR count). The monoisotopic (exact) mass is 229 g/mol. The Morgan fingerprint density at radius 2 is 2.00 bits per heavy atom. The topological polar surface area (TPSA) is 29.3 Å². The van der Waals surface area contributed by atoms with Crippen LogP contribution in [0.3, 0.4) is 0 Å². The quantitative estimate of drug-likeness (QED) is 0.388. The standard InChI is InChI=1S/C8H11F4NO2/c9-7(10)8(11,12)5-15-6(14)1-2-13-3-4-13/h7H,1-5H2. The maximum Gasteiger partial charge on any atom is 0.340 e. The van der Waals surface area contributed by atoms with E-state index in [0.717, 1.165) is 13.1 Å². The van der Waals surface area contributed by atoms with Gasteiger partial charge < -0.3 is 9.64 Å². The molecule has 1 fully saturated rings. The molecule has 0 bridgehead atoms. The molecule has 0 N–H and O–H groups in total. The molecular weight excluding hydrogens is 218 g/mol. The number of hydrogen-bond acceptors (Lipinski definition) is 3. The lowest BCUT2D eigenvalue weighted by molar-refractivity contribution is -0.179. The first-order valence-corrected chi connectivity index (χ1v) is 4.46. The summed E-state index contributed by atoms with van der Waals surface area (Å²) < 4.78 is 51.9. The number of esters is 1. The molecule has 0 radical (unpaired) electrons. The molecule has 1 saturated heterocycles. The van der Waals surface area contributed by atoms with Crippen LogP contribution in [0.1, 0.15) is 6.42 Å². The summed E-state index contributed by atoms with van der Waals surface area (Å²) in [5.41, 5.74) is 0. The zero-order valence-corrected chi connectivity index (χ0v) is 7.89. The molecule has 1 aliphatic heterocycles. The molecule has 0 amide bonds. The summed E-state index contributed by atoms with van der Waals surface area (Å²) in [4.78, 5) is 12.7. The lowest BCUT2D eigenvalue weighted by Crippen LogP contribution is -2.33. The fourth-order valence-corrected chi connectivity index (χ4v) is 0.856. The van der Waals surface area contributed by atoms with Crippen molar-refractivity contribution in [2.75, 3.05) is 26.2 Å². The Labute approximate surface area is 84.0 Å². The van der Waals surface area contributed by atoms with Gasteiger partial charge in [0.25, 0.3) is 0 Å². The van der Waals surface area contributed by atoms with E-state index in [4.69, 9.17) is 0 Å². The second-order valence-electron chi connectivity index (χ2n) is 3.31. The van der Waals surface area contributed by atoms with E-state index in [9.17, 15) is 22.4 Å². The number of hydrogen-bond donors (Lipinski definition) is 0. The van der Waals surface area contributed by atoms with Crippen molar-refractivity contribution in [2.45, 2.75) is 18.8 Å². The van der Waals surface area contributed by atoms with E-state index in [1.54, 1.807) is 0 Å². The van der Waals surface area contributed by atoms with Crippen molar-refractivity contribution in [2.24, 2.45) is 0 Å². The molecule has 0 spiro atoms. The number of ether oxygens (including phenoxy) is 1. The van der Waals surface area contributed by atoms with E-state index in [1.807, 2.05) is 4.90 Å². The predicted molar refractivity (Wildman–Crippen MR) is 43.0 cm³/mol. The van der Waals surface area contributed by atoms with Gasteiger partial charge in [-0.05, 0) is 0 Å². The van der Waals surface area contributed by atoms with E-state index >= 15 is 0 Å². The van der Waals surface area contributed by atoms with Gasteiger partial charge in [-0.3, -0.25) is 4.79 Å². The van der Waals surface area contributed by atoms with Crippen molar-refractivity contribution < 1.29 is 27.1 Å². The molecular formula is C8H11F4NO2. The van der Waals surface area contributed by atoms with Crippen molar-refractivity contribution in [3.8, 4) is 0 Å². The Morgan fingerprint density at radius 3 is 2.47 bits per heavy atom. The Balaban J connectivity index is 2.14. The molecule has 15 heavy (non-hydrogen) atoms. The van der Waals surface area contributed by atoms with E-state index in [2.05, 4.69) is 4.74 Å². The first-order valence-electron chi connectivity index (χ1n) is 4.46. The molecule has 0 aromatic rings. The van der Waals surface area contributed by atoms with Crippen LogP contribution >= 0.6 is 0 Å². The highest BCUT2D eigenvalue weighted by atomic mass is 19.3. The number of alkyl halides is 4. The summed E-state index contributed by atoms with van der Waals surface area (Å²) in [6.07, 6.45) is -3.85. The Bertz CT molecular complexity index is 231. The molecule has 88 valence electrons. The lowest BCUT2D eigenvalue weighted by atomic mass is 10.4. The highest BCUT2D eigenvalue weighted by Crippen LogP contribution is 2.23. The molecule has 1 heterocycles. The van der Waals surface area contributed by atoms with Gasteiger partial charge in [0, 0.05) is 19.6 Å². The van der Waals surface area contributed by atoms with E-state index in [-0.39, 0.29) is 6.42 Å². The largest absolute Gasteiger partial charge is 0.459 e. The summed E-state index contributed by atoms with van der Waals surface area (Å²) in [6, 6.07) is 0. The van der Waals surface area contributed by atoms with E-state index in [0.29, 0.717) is 6.54 Å². The highest BCUT2D eigenvalue weighted by Gasteiger charge is 2.42. The molecule has 0 saturated carbocycles. The van der Waals surface area contributed by atoms with Gasteiger partial charge in [-0.15, -0.1) is 0 Å². The van der Waals surface area contributed by atoms with Crippen molar-refractivity contribution in [3.05, 3.63) is 0 Å². The number of carbonyl (C=O) groups is 1. The lowest BCUT2D eigenvalue weighted by Gasteiger charge is -2.14. The van der Waals surface area contributed by atoms with Gasteiger partial charge in [0.05, 0.1) is 6.42 Å². The first-order chi connectivity index (χ1) is 6.92. The minimum Gasteiger partial charge on any atom is -0.459 e. The van der Waals surface area contributed by atoms with Gasteiger partial charge in [-0.2, -0.15) is 8.78 Å².